The van der Waals surface area contributed by atoms with Crippen molar-refractivity contribution >= 4 is 0 Å². The minimum absolute atomic E-state index is 0.0486. The van der Waals surface area contributed by atoms with Crippen LogP contribution in [0.4, 0.5) is 4.39 Å². The van der Waals surface area contributed by atoms with Crippen LogP contribution in [0.5, 0.6) is 0 Å². The van der Waals surface area contributed by atoms with Crippen molar-refractivity contribution in [2.24, 2.45) is 0 Å². The van der Waals surface area contributed by atoms with E-state index in [4.69, 9.17) is 0 Å². The fraction of sp³-hybridized carbons (Fsp3) is 0.500. The Morgan fingerprint density at radius 1 is 1.00 bits per heavy atom. The molecule has 0 aliphatic heterocycles. The van der Waals surface area contributed by atoms with E-state index >= 15 is 0 Å². The smallest absolute Gasteiger partial charge is 0.130 e. The number of hydrogen-bond donors (Lipinski definition) is 0. The number of aryl methyl sites for hydroxylation is 2. The van der Waals surface area contributed by atoms with Crippen LogP contribution in [0.3, 0.4) is 0 Å². The lowest BCUT2D eigenvalue weighted by atomic mass is 9.83. The van der Waals surface area contributed by atoms with Gasteiger partial charge in [-0.1, -0.05) is 32.9 Å². The minimum atomic E-state index is -0.111. The van der Waals surface area contributed by atoms with E-state index in [2.05, 4.69) is 0 Å². The molecule has 72 valence electrons. The van der Waals surface area contributed by atoms with E-state index in [9.17, 15) is 4.39 Å². The van der Waals surface area contributed by atoms with Gasteiger partial charge in [0.05, 0.1) is 0 Å². The molecule has 0 atom stereocenters. The van der Waals surface area contributed by atoms with E-state index in [1.807, 2.05) is 46.8 Å². The van der Waals surface area contributed by atoms with Gasteiger partial charge >= 0.3 is 0 Å². The van der Waals surface area contributed by atoms with Gasteiger partial charge in [-0.15, -0.1) is 0 Å². The lowest BCUT2D eigenvalue weighted by Crippen LogP contribution is -2.16. The van der Waals surface area contributed by atoms with Crippen LogP contribution in [0.2, 0.25) is 0 Å². The van der Waals surface area contributed by atoms with Gasteiger partial charge < -0.3 is 0 Å². The van der Waals surface area contributed by atoms with Crippen LogP contribution < -0.4 is 0 Å². The summed E-state index contributed by atoms with van der Waals surface area (Å²) in [4.78, 5) is 0. The topological polar surface area (TPSA) is 0 Å². The van der Waals surface area contributed by atoms with Crippen LogP contribution in [0.25, 0.3) is 0 Å². The van der Waals surface area contributed by atoms with Crippen LogP contribution in [0.15, 0.2) is 12.1 Å². The minimum Gasteiger partial charge on any atom is -0.206 e. The summed E-state index contributed by atoms with van der Waals surface area (Å²) in [5.41, 5.74) is 2.50. The van der Waals surface area contributed by atoms with Gasteiger partial charge in [-0.2, -0.15) is 0 Å². The summed E-state index contributed by atoms with van der Waals surface area (Å²) < 4.78 is 13.8. The lowest BCUT2D eigenvalue weighted by molar-refractivity contribution is 0.515. The zero-order chi connectivity index (χ0) is 10.2. The molecule has 1 aromatic carbocycles. The summed E-state index contributed by atoms with van der Waals surface area (Å²) in [6, 6.07) is 3.82. The summed E-state index contributed by atoms with van der Waals surface area (Å²) in [5, 5.41) is 0. The Kier molecular flexibility index (Phi) is 2.47. The first kappa shape index (κ1) is 10.2. The van der Waals surface area contributed by atoms with Crippen LogP contribution in [-0.2, 0) is 5.41 Å². The quantitative estimate of drug-likeness (QED) is 0.570. The van der Waals surface area contributed by atoms with Gasteiger partial charge in [-0.25, -0.2) is 4.39 Å². The average molecular weight is 180 g/mol. The van der Waals surface area contributed by atoms with Crippen molar-refractivity contribution in [3.8, 4) is 0 Å². The third kappa shape index (κ3) is 1.90. The molecule has 0 saturated carbocycles. The molecule has 0 amide bonds. The molecule has 0 aromatic heterocycles. The van der Waals surface area contributed by atoms with Crippen molar-refractivity contribution in [1.82, 2.24) is 0 Å². The Labute approximate surface area is 79.8 Å². The van der Waals surface area contributed by atoms with Gasteiger partial charge in [0.1, 0.15) is 5.82 Å². The Morgan fingerprint density at radius 2 is 1.46 bits per heavy atom. The first-order valence-electron chi connectivity index (χ1n) is 4.60. The molecule has 0 fully saturated rings. The molecule has 1 aromatic rings. The van der Waals surface area contributed by atoms with Crippen LogP contribution in [-0.4, -0.2) is 0 Å². The van der Waals surface area contributed by atoms with Gasteiger partial charge in [0.2, 0.25) is 0 Å². The molecule has 0 N–H and O–H groups in total. The molecule has 13 heavy (non-hydrogen) atoms. The summed E-state index contributed by atoms with van der Waals surface area (Å²) in [5.74, 6) is -0.0486. The van der Waals surface area contributed by atoms with E-state index in [0.717, 1.165) is 16.7 Å². The molecule has 0 radical (unpaired) electrons. The highest BCUT2D eigenvalue weighted by molar-refractivity contribution is 5.37. The average Bonchev–Trinajstić information content (AvgIpc) is 1.95. The number of benzene rings is 1. The molecular formula is C12H17F. The monoisotopic (exact) mass is 180 g/mol. The number of halogens is 1. The SMILES string of the molecule is Cc1ccc(C)c(C(C)(C)C)c1F. The molecule has 0 spiro atoms. The second-order valence-corrected chi connectivity index (χ2v) is 4.64. The fourth-order valence-corrected chi connectivity index (χ4v) is 1.70. The maximum atomic E-state index is 13.8. The molecule has 0 nitrogen and oxygen atoms in total. The van der Waals surface area contributed by atoms with Gasteiger partial charge in [0.25, 0.3) is 0 Å². The Balaban J connectivity index is 3.43. The van der Waals surface area contributed by atoms with Crippen LogP contribution in [0, 0.1) is 19.7 Å². The second-order valence-electron chi connectivity index (χ2n) is 4.64. The zero-order valence-corrected chi connectivity index (χ0v) is 9.03. The highest BCUT2D eigenvalue weighted by Gasteiger charge is 2.21. The zero-order valence-electron chi connectivity index (χ0n) is 9.03. The Bertz CT molecular complexity index is 319. The van der Waals surface area contributed by atoms with E-state index in [0.29, 0.717) is 0 Å². The van der Waals surface area contributed by atoms with Crippen molar-refractivity contribution in [3.05, 3.63) is 34.6 Å². The largest absolute Gasteiger partial charge is 0.206 e. The van der Waals surface area contributed by atoms with Crippen molar-refractivity contribution in [3.63, 3.8) is 0 Å². The molecule has 0 heterocycles. The first-order valence-corrected chi connectivity index (χ1v) is 4.60. The third-order valence-electron chi connectivity index (χ3n) is 2.29. The molecule has 0 bridgehead atoms. The highest BCUT2D eigenvalue weighted by Crippen LogP contribution is 2.29. The number of rotatable bonds is 0. The predicted octanol–water partition coefficient (Wildman–Crippen LogP) is 3.74. The molecular weight excluding hydrogens is 163 g/mol. The van der Waals surface area contributed by atoms with Crippen molar-refractivity contribution in [2.45, 2.75) is 40.0 Å². The maximum absolute atomic E-state index is 13.8. The van der Waals surface area contributed by atoms with E-state index in [-0.39, 0.29) is 11.2 Å². The second kappa shape index (κ2) is 3.13. The summed E-state index contributed by atoms with van der Waals surface area (Å²) in [6.45, 7) is 9.89. The summed E-state index contributed by atoms with van der Waals surface area (Å²) in [7, 11) is 0. The van der Waals surface area contributed by atoms with Crippen molar-refractivity contribution < 1.29 is 4.39 Å². The van der Waals surface area contributed by atoms with Gasteiger partial charge in [0.15, 0.2) is 0 Å². The van der Waals surface area contributed by atoms with Crippen LogP contribution >= 0.6 is 0 Å². The normalized spacial score (nSPS) is 11.8. The highest BCUT2D eigenvalue weighted by atomic mass is 19.1. The summed E-state index contributed by atoms with van der Waals surface area (Å²) in [6.07, 6.45) is 0. The predicted molar refractivity (Wildman–Crippen MR) is 54.6 cm³/mol. The molecule has 0 aliphatic carbocycles. The maximum Gasteiger partial charge on any atom is 0.130 e. The Morgan fingerprint density at radius 3 is 1.85 bits per heavy atom. The van der Waals surface area contributed by atoms with E-state index in [1.165, 1.54) is 0 Å². The van der Waals surface area contributed by atoms with E-state index < -0.39 is 0 Å². The standard InChI is InChI=1S/C12H17F/c1-8-6-7-9(2)11(13)10(8)12(3,4)5/h6-7H,1-5H3. The van der Waals surface area contributed by atoms with Gasteiger partial charge in [-0.3, -0.25) is 0 Å². The first-order chi connectivity index (χ1) is 5.84. The molecule has 0 aliphatic rings. The molecule has 0 saturated heterocycles. The molecule has 1 heteroatoms. The van der Waals surface area contributed by atoms with Crippen molar-refractivity contribution in [1.29, 1.82) is 0 Å². The Hall–Kier alpha value is -0.850. The summed E-state index contributed by atoms with van der Waals surface area (Å²) >= 11 is 0. The lowest BCUT2D eigenvalue weighted by Gasteiger charge is -2.23. The van der Waals surface area contributed by atoms with E-state index in [1.54, 1.807) is 0 Å². The van der Waals surface area contributed by atoms with Crippen LogP contribution in [0.1, 0.15) is 37.5 Å². The van der Waals surface area contributed by atoms with Gasteiger partial charge in [0, 0.05) is 0 Å². The molecule has 1 rings (SSSR count). The van der Waals surface area contributed by atoms with Gasteiger partial charge in [-0.05, 0) is 36.0 Å². The number of hydrogen-bond acceptors (Lipinski definition) is 0. The molecule has 0 unspecified atom stereocenters. The third-order valence-corrected chi connectivity index (χ3v) is 2.29. The van der Waals surface area contributed by atoms with Crippen molar-refractivity contribution in [2.75, 3.05) is 0 Å². The fourth-order valence-electron chi connectivity index (χ4n) is 1.70.